The molecule has 3 fully saturated rings. The third-order valence-corrected chi connectivity index (χ3v) is 8.31. The maximum atomic E-state index is 10.9. The molecule has 3 saturated heterocycles. The van der Waals surface area contributed by atoms with Crippen molar-refractivity contribution < 1.29 is 88.7 Å². The van der Waals surface area contributed by atoms with Crippen LogP contribution in [0, 0.1) is 5.92 Å². The Balaban J connectivity index is 0.000000695. The van der Waals surface area contributed by atoms with E-state index >= 15 is 0 Å². The monoisotopic (exact) mass is 735 g/mol. The molecule has 0 saturated carbocycles. The van der Waals surface area contributed by atoms with Crippen LogP contribution in [0.4, 0.5) is 0 Å². The van der Waals surface area contributed by atoms with Crippen molar-refractivity contribution in [3.05, 3.63) is 0 Å². The standard InChI is InChI=1S/C20H39N3O12.C5H8O5.C4H10O/c1-6-7(3-24)31-19(10(21)13(6)27)34-17-9(5-26)33-20(12(23)15(17)29)35-16-8(4-25)32-18(30-2)11(22)14(16)28;1-3(5(8)9)10-4(7)2-6;1-3-4(2)5/h6-20,24-29H,3-5,21-23H2,1-2H3;3,6H,2H2,1H3,(H,8,9);4-5H,3H2,1-2H3/t6-,7+,8+,9?,10?,11?,12?,13?,14?,15-,16-,17-,18-,19+,20+;;/m1../s1. The van der Waals surface area contributed by atoms with Gasteiger partial charge in [0.15, 0.2) is 25.0 Å². The molecular formula is C29H57N3O18. The highest BCUT2D eigenvalue weighted by molar-refractivity contribution is 5.77. The number of carboxylic acid groups (broad SMARTS) is 1. The first-order chi connectivity index (χ1) is 23.4. The number of esters is 1. The first-order valence-electron chi connectivity index (χ1n) is 16.1. The van der Waals surface area contributed by atoms with Crippen molar-refractivity contribution in [3.63, 3.8) is 0 Å². The Labute approximate surface area is 289 Å². The molecule has 21 nitrogen and oxygen atoms in total. The molecule has 0 spiro atoms. The molecule has 21 heteroatoms. The second-order valence-corrected chi connectivity index (χ2v) is 12.1. The van der Waals surface area contributed by atoms with Gasteiger partial charge in [0.05, 0.1) is 56.3 Å². The Kier molecular flexibility index (Phi) is 20.7. The molecule has 3 aliphatic heterocycles. The third kappa shape index (κ3) is 12.7. The van der Waals surface area contributed by atoms with Gasteiger partial charge in [-0.1, -0.05) is 13.8 Å². The summed E-state index contributed by atoms with van der Waals surface area (Å²) < 4.78 is 37.7. The van der Waals surface area contributed by atoms with E-state index in [9.17, 15) is 40.2 Å². The van der Waals surface area contributed by atoms with Crippen LogP contribution in [0.15, 0.2) is 0 Å². The van der Waals surface area contributed by atoms with Crippen molar-refractivity contribution in [1.29, 1.82) is 0 Å². The molecule has 3 heterocycles. The van der Waals surface area contributed by atoms with E-state index < -0.39 is 136 Å². The lowest BCUT2D eigenvalue weighted by Crippen LogP contribution is -2.69. The summed E-state index contributed by atoms with van der Waals surface area (Å²) in [4.78, 5) is 20.2. The average Bonchev–Trinajstić information content (AvgIpc) is 3.10. The predicted octanol–water partition coefficient (Wildman–Crippen LogP) is -5.97. The molecule has 50 heavy (non-hydrogen) atoms. The molecule has 17 atom stereocenters. The van der Waals surface area contributed by atoms with Crippen LogP contribution in [0.5, 0.6) is 0 Å². The molecule has 0 aromatic heterocycles. The second-order valence-electron chi connectivity index (χ2n) is 12.1. The van der Waals surface area contributed by atoms with Gasteiger partial charge in [-0.3, -0.25) is 0 Å². The quantitative estimate of drug-likeness (QED) is 0.0830. The molecule has 3 aliphatic rings. The van der Waals surface area contributed by atoms with Gasteiger partial charge in [-0.2, -0.15) is 0 Å². The molecule has 8 unspecified atom stereocenters. The average molecular weight is 736 g/mol. The van der Waals surface area contributed by atoms with E-state index in [1.165, 1.54) is 14.0 Å². The number of ether oxygens (including phenoxy) is 7. The summed E-state index contributed by atoms with van der Waals surface area (Å²) >= 11 is 0. The zero-order valence-corrected chi connectivity index (χ0v) is 28.8. The number of carbonyl (C=O) groups is 2. The van der Waals surface area contributed by atoms with Crippen LogP contribution >= 0.6 is 0 Å². The number of hydrogen-bond acceptors (Lipinski definition) is 20. The third-order valence-electron chi connectivity index (χ3n) is 8.31. The number of aliphatic carboxylic acids is 1. The van der Waals surface area contributed by atoms with Crippen molar-refractivity contribution in [1.82, 2.24) is 0 Å². The normalized spacial score (nSPS) is 39.9. The topological polar surface area (TPSA) is 359 Å². The molecule has 296 valence electrons. The lowest BCUT2D eigenvalue weighted by atomic mass is 9.89. The molecule has 3 rings (SSSR count). The Morgan fingerprint density at radius 3 is 1.48 bits per heavy atom. The van der Waals surface area contributed by atoms with E-state index in [0.717, 1.165) is 6.42 Å². The first kappa shape index (κ1) is 46.3. The van der Waals surface area contributed by atoms with Gasteiger partial charge in [-0.15, -0.1) is 0 Å². The molecule has 0 bridgehead atoms. The van der Waals surface area contributed by atoms with Crippen LogP contribution in [-0.4, -0.2) is 189 Å². The Bertz CT molecular complexity index is 980. The van der Waals surface area contributed by atoms with Crippen LogP contribution in [0.3, 0.4) is 0 Å². The van der Waals surface area contributed by atoms with Gasteiger partial charge >= 0.3 is 11.9 Å². The van der Waals surface area contributed by atoms with Crippen LogP contribution in [0.2, 0.25) is 0 Å². The van der Waals surface area contributed by atoms with Crippen LogP contribution in [0.1, 0.15) is 34.1 Å². The van der Waals surface area contributed by atoms with E-state index in [-0.39, 0.29) is 6.10 Å². The molecular weight excluding hydrogens is 678 g/mol. The SMILES string of the molecule is CC(OC(=O)CO)C(=O)O.CCC(C)O.CO[C@@H]1O[C@@H](CO)[C@@H](O[C@@H]2OC(CO)[C@@H](O[C@@H]3O[C@@H](CO)[C@@H](C)C(O)C3N)[C@H](O)C2N)C(O)C1N. The van der Waals surface area contributed by atoms with E-state index in [0.29, 0.717) is 0 Å². The highest BCUT2D eigenvalue weighted by Crippen LogP contribution is 2.32. The fourth-order valence-corrected chi connectivity index (χ4v) is 4.89. The summed E-state index contributed by atoms with van der Waals surface area (Å²) in [6.07, 6.45) is -13.3. The second kappa shape index (κ2) is 22.4. The van der Waals surface area contributed by atoms with E-state index in [2.05, 4.69) is 4.74 Å². The van der Waals surface area contributed by atoms with Gasteiger partial charge in [0, 0.05) is 13.0 Å². The van der Waals surface area contributed by atoms with Crippen LogP contribution < -0.4 is 17.2 Å². The summed E-state index contributed by atoms with van der Waals surface area (Å²) in [6.45, 7) is 4.24. The van der Waals surface area contributed by atoms with E-state index in [4.69, 9.17) is 60.9 Å². The maximum Gasteiger partial charge on any atom is 0.344 e. The number of carboxylic acids is 1. The lowest BCUT2D eigenvalue weighted by molar-refractivity contribution is -0.347. The minimum absolute atomic E-state index is 0.116. The fraction of sp³-hybridized carbons (Fsp3) is 0.931. The van der Waals surface area contributed by atoms with Gasteiger partial charge < -0.3 is 96.3 Å². The van der Waals surface area contributed by atoms with Gasteiger partial charge in [-0.05, 0) is 20.3 Å². The number of methoxy groups -OCH3 is 1. The Hall–Kier alpha value is -1.74. The molecule has 0 aromatic carbocycles. The van der Waals surface area contributed by atoms with Crippen molar-refractivity contribution >= 4 is 11.9 Å². The number of rotatable bonds is 12. The summed E-state index contributed by atoms with van der Waals surface area (Å²) in [5.41, 5.74) is 18.1. The van der Waals surface area contributed by atoms with Crippen molar-refractivity contribution in [2.45, 2.75) is 132 Å². The molecule has 0 aliphatic carbocycles. The molecule has 0 radical (unpaired) electrons. The first-order valence-corrected chi connectivity index (χ1v) is 16.1. The fourth-order valence-electron chi connectivity index (χ4n) is 4.89. The smallest absolute Gasteiger partial charge is 0.344 e. The van der Waals surface area contributed by atoms with Crippen molar-refractivity contribution in [2.75, 3.05) is 33.5 Å². The predicted molar refractivity (Wildman–Crippen MR) is 167 cm³/mol. The largest absolute Gasteiger partial charge is 0.479 e. The summed E-state index contributed by atoms with van der Waals surface area (Å²) in [6, 6.07) is -3.27. The van der Waals surface area contributed by atoms with E-state index in [1.54, 1.807) is 13.8 Å². The van der Waals surface area contributed by atoms with Crippen LogP contribution in [-0.2, 0) is 42.7 Å². The number of carbonyl (C=O) groups excluding carboxylic acids is 1. The number of hydrogen-bond donors (Lipinski definition) is 12. The van der Waals surface area contributed by atoms with Gasteiger partial charge in [-0.25, -0.2) is 9.59 Å². The highest BCUT2D eigenvalue weighted by Gasteiger charge is 2.52. The summed E-state index contributed by atoms with van der Waals surface area (Å²) in [5, 5.41) is 85.7. The number of aliphatic hydroxyl groups excluding tert-OH is 8. The maximum absolute atomic E-state index is 10.9. The zero-order valence-electron chi connectivity index (χ0n) is 28.8. The minimum Gasteiger partial charge on any atom is -0.479 e. The van der Waals surface area contributed by atoms with Crippen molar-refractivity contribution in [2.24, 2.45) is 23.1 Å². The highest BCUT2D eigenvalue weighted by atomic mass is 16.7. The Morgan fingerprint density at radius 1 is 0.740 bits per heavy atom. The van der Waals surface area contributed by atoms with Crippen LogP contribution in [0.25, 0.3) is 0 Å². The van der Waals surface area contributed by atoms with Gasteiger partial charge in [0.2, 0.25) is 0 Å². The molecule has 0 aromatic rings. The minimum atomic E-state index is -1.47. The van der Waals surface area contributed by atoms with E-state index in [1.807, 2.05) is 6.92 Å². The number of nitrogens with two attached hydrogens (primary N) is 3. The van der Waals surface area contributed by atoms with Gasteiger partial charge in [0.25, 0.3) is 0 Å². The lowest BCUT2D eigenvalue weighted by Gasteiger charge is -2.49. The number of aliphatic hydroxyl groups is 8. The molecule has 15 N–H and O–H groups in total. The molecule has 0 amide bonds. The Morgan fingerprint density at radius 2 is 1.12 bits per heavy atom. The summed E-state index contributed by atoms with van der Waals surface area (Å²) in [7, 11) is 1.33. The van der Waals surface area contributed by atoms with Crippen molar-refractivity contribution in [3.8, 4) is 0 Å². The zero-order chi connectivity index (χ0) is 38.5. The van der Waals surface area contributed by atoms with Gasteiger partial charge in [0.1, 0.15) is 43.2 Å². The summed E-state index contributed by atoms with van der Waals surface area (Å²) in [5.74, 6) is -2.64.